The minimum atomic E-state index is -6.00. The summed E-state index contributed by atoms with van der Waals surface area (Å²) >= 11 is 0. The van der Waals surface area contributed by atoms with Gasteiger partial charge in [-0.3, -0.25) is 0 Å². The molecule has 0 saturated carbocycles. The molecule has 0 aliphatic heterocycles. The molecule has 0 aliphatic rings. The molecule has 0 spiro atoms. The predicted molar refractivity (Wildman–Crippen MR) is 171 cm³/mol. The van der Waals surface area contributed by atoms with E-state index in [0.29, 0.717) is 6.61 Å². The molecular weight excluding hydrogens is 518 g/mol. The van der Waals surface area contributed by atoms with E-state index in [0.717, 1.165) is 6.16 Å². The second kappa shape index (κ2) is 31.1. The number of aliphatic hydroxyl groups is 1. The second-order valence-corrected chi connectivity index (χ2v) is 16.4. The zero-order valence-electron chi connectivity index (χ0n) is 26.5. The average Bonchev–Trinajstić information content (AvgIpc) is 2.88. The van der Waals surface area contributed by atoms with Crippen LogP contribution < -0.4 is 0 Å². The normalized spacial score (nSPS) is 12.0. The summed E-state index contributed by atoms with van der Waals surface area (Å²) in [4.78, 5) is 0. The fourth-order valence-corrected chi connectivity index (χ4v) is 10.1. The molecule has 1 nitrogen and oxygen atoms in total. The van der Waals surface area contributed by atoms with Crippen LogP contribution in [-0.2, 0) is 0 Å². The van der Waals surface area contributed by atoms with Gasteiger partial charge in [0.2, 0.25) is 0 Å². The lowest BCUT2D eigenvalue weighted by atomic mass is 10.1. The number of aliphatic hydroxyl groups excluding tert-OH is 1. The van der Waals surface area contributed by atoms with Crippen molar-refractivity contribution in [2.75, 3.05) is 31.3 Å². The third-order valence-corrected chi connectivity index (χ3v) is 13.0. The smallest absolute Gasteiger partial charge is 0.418 e. The zero-order chi connectivity index (χ0) is 29.5. The summed E-state index contributed by atoms with van der Waals surface area (Å²) < 4.78 is 39.0. The van der Waals surface area contributed by atoms with E-state index in [2.05, 4.69) is 20.8 Å². The Labute approximate surface area is 242 Å². The lowest BCUT2D eigenvalue weighted by molar-refractivity contribution is 0.320. The summed E-state index contributed by atoms with van der Waals surface area (Å²) in [6.07, 6.45) is 39.9. The molecule has 0 aromatic carbocycles. The number of hydrogen-bond donors (Lipinski definition) is 1. The van der Waals surface area contributed by atoms with Gasteiger partial charge in [0.1, 0.15) is 0 Å². The molecular formula is C32H68BF4OP. The first kappa shape index (κ1) is 41.3. The first-order chi connectivity index (χ1) is 18.7. The van der Waals surface area contributed by atoms with Crippen LogP contribution in [0.15, 0.2) is 0 Å². The molecule has 0 aliphatic carbocycles. The van der Waals surface area contributed by atoms with Crippen LogP contribution in [0.5, 0.6) is 0 Å². The number of rotatable bonds is 29. The van der Waals surface area contributed by atoms with Crippen LogP contribution >= 0.6 is 7.26 Å². The van der Waals surface area contributed by atoms with Gasteiger partial charge in [0.05, 0.1) is 31.3 Å². The van der Waals surface area contributed by atoms with E-state index in [4.69, 9.17) is 0 Å². The molecule has 0 fully saturated rings. The molecule has 0 aromatic heterocycles. The molecule has 7 heteroatoms. The highest BCUT2D eigenvalue weighted by Gasteiger charge is 2.35. The molecule has 0 saturated heterocycles. The fraction of sp³-hybridized carbons (Fsp3) is 1.00. The summed E-state index contributed by atoms with van der Waals surface area (Å²) in [5.41, 5.74) is 0. The Morgan fingerprint density at radius 3 is 0.795 bits per heavy atom. The van der Waals surface area contributed by atoms with E-state index < -0.39 is 14.5 Å². The SMILES string of the molecule is CCCCCCCCCC[P+](CCO)(CCCCCCCCCC)CCCCCCCCCC.F[B-](F)(F)F. The fourth-order valence-electron chi connectivity index (χ4n) is 5.63. The Bertz CT molecular complexity index is 410. The van der Waals surface area contributed by atoms with E-state index in [1.807, 2.05) is 0 Å². The third-order valence-electron chi connectivity index (χ3n) is 8.03. The topological polar surface area (TPSA) is 20.2 Å². The third kappa shape index (κ3) is 36.1. The van der Waals surface area contributed by atoms with Crippen molar-refractivity contribution in [1.82, 2.24) is 0 Å². The molecule has 0 radical (unpaired) electrons. The molecule has 0 rings (SSSR count). The van der Waals surface area contributed by atoms with Gasteiger partial charge >= 0.3 is 7.25 Å². The quantitative estimate of drug-likeness (QED) is 0.0400. The highest BCUT2D eigenvalue weighted by Crippen LogP contribution is 2.60. The van der Waals surface area contributed by atoms with Crippen LogP contribution in [0.3, 0.4) is 0 Å². The van der Waals surface area contributed by atoms with Crippen LogP contribution in [-0.4, -0.2) is 43.6 Å². The van der Waals surface area contributed by atoms with Gasteiger partial charge in [-0.15, -0.1) is 0 Å². The van der Waals surface area contributed by atoms with Crippen molar-refractivity contribution < 1.29 is 22.4 Å². The molecule has 0 atom stereocenters. The Hall–Kier alpha value is 0.175. The van der Waals surface area contributed by atoms with Crippen molar-refractivity contribution in [2.24, 2.45) is 0 Å². The van der Waals surface area contributed by atoms with Crippen molar-refractivity contribution in [2.45, 2.75) is 175 Å². The van der Waals surface area contributed by atoms with Gasteiger partial charge in [-0.1, -0.05) is 136 Å². The van der Waals surface area contributed by atoms with E-state index in [1.54, 1.807) is 0 Å². The standard InChI is InChI=1S/C32H68OP.BF4/c1-4-7-10-13-16-19-22-25-29-34(32-28-33,30-26-23-20-17-14-11-8-5-2)31-27-24-21-18-15-12-9-6-3;2-1(3,4)5/h33H,4-32H2,1-3H3;/q+1;-1. The van der Waals surface area contributed by atoms with E-state index in [9.17, 15) is 22.4 Å². The van der Waals surface area contributed by atoms with E-state index >= 15 is 0 Å². The molecule has 0 aromatic rings. The monoisotopic (exact) mass is 587 g/mol. The van der Waals surface area contributed by atoms with Crippen molar-refractivity contribution in [3.8, 4) is 0 Å². The summed E-state index contributed by atoms with van der Waals surface area (Å²) in [5.74, 6) is 0. The van der Waals surface area contributed by atoms with Gasteiger partial charge < -0.3 is 22.4 Å². The molecule has 39 heavy (non-hydrogen) atoms. The van der Waals surface area contributed by atoms with Gasteiger partial charge in [0, 0.05) is 7.26 Å². The van der Waals surface area contributed by atoms with Crippen molar-refractivity contribution >= 4 is 14.5 Å². The molecule has 238 valence electrons. The van der Waals surface area contributed by atoms with Gasteiger partial charge in [-0.25, -0.2) is 0 Å². The zero-order valence-corrected chi connectivity index (χ0v) is 27.4. The highest BCUT2D eigenvalue weighted by molar-refractivity contribution is 7.75. The van der Waals surface area contributed by atoms with Gasteiger partial charge in [0.25, 0.3) is 0 Å². The van der Waals surface area contributed by atoms with Gasteiger partial charge in [0.15, 0.2) is 0 Å². The number of halogens is 4. The number of hydrogen-bond acceptors (Lipinski definition) is 1. The summed E-state index contributed by atoms with van der Waals surface area (Å²) in [6, 6.07) is 0. The summed E-state index contributed by atoms with van der Waals surface area (Å²) in [5, 5.41) is 10.00. The molecule has 1 N–H and O–H groups in total. The summed E-state index contributed by atoms with van der Waals surface area (Å²) in [7, 11) is -6.94. The van der Waals surface area contributed by atoms with Gasteiger partial charge in [-0.2, -0.15) is 0 Å². The Balaban J connectivity index is 0. The lowest BCUT2D eigenvalue weighted by Crippen LogP contribution is -2.15. The minimum Gasteiger partial charge on any atom is -0.418 e. The Morgan fingerprint density at radius 1 is 0.385 bits per heavy atom. The minimum absolute atomic E-state index is 0.443. The highest BCUT2D eigenvalue weighted by atomic mass is 31.2. The second-order valence-electron chi connectivity index (χ2n) is 11.9. The maximum atomic E-state index is 10.00. The average molecular weight is 587 g/mol. The molecule has 0 heterocycles. The molecule has 0 amide bonds. The molecule has 0 unspecified atom stereocenters. The lowest BCUT2D eigenvalue weighted by Gasteiger charge is -2.28. The maximum Gasteiger partial charge on any atom is 0.673 e. The first-order valence-electron chi connectivity index (χ1n) is 17.1. The number of unbranched alkanes of at least 4 members (excludes halogenated alkanes) is 21. The van der Waals surface area contributed by atoms with Crippen LogP contribution in [0.25, 0.3) is 0 Å². The van der Waals surface area contributed by atoms with Crippen molar-refractivity contribution in [3.63, 3.8) is 0 Å². The Kier molecular flexibility index (Phi) is 33.0. The van der Waals surface area contributed by atoms with Crippen LogP contribution in [0, 0.1) is 0 Å². The van der Waals surface area contributed by atoms with Gasteiger partial charge in [-0.05, 0) is 38.5 Å². The summed E-state index contributed by atoms with van der Waals surface area (Å²) in [6.45, 7) is 7.37. The van der Waals surface area contributed by atoms with E-state index in [1.165, 1.54) is 173 Å². The largest absolute Gasteiger partial charge is 0.673 e. The molecule has 0 bridgehead atoms. The maximum absolute atomic E-state index is 10.00. The first-order valence-corrected chi connectivity index (χ1v) is 19.6. The van der Waals surface area contributed by atoms with Crippen LogP contribution in [0.1, 0.15) is 175 Å². The van der Waals surface area contributed by atoms with E-state index in [-0.39, 0.29) is 0 Å². The van der Waals surface area contributed by atoms with Crippen LogP contribution in [0.4, 0.5) is 17.3 Å². The van der Waals surface area contributed by atoms with Crippen molar-refractivity contribution in [1.29, 1.82) is 0 Å². The predicted octanol–water partition coefficient (Wildman–Crippen LogP) is 12.7. The Morgan fingerprint density at radius 2 is 0.590 bits per heavy atom. The van der Waals surface area contributed by atoms with Crippen molar-refractivity contribution in [3.05, 3.63) is 0 Å². The van der Waals surface area contributed by atoms with Crippen LogP contribution in [0.2, 0.25) is 0 Å².